The van der Waals surface area contributed by atoms with Crippen molar-refractivity contribution in [2.75, 3.05) is 0 Å². The fourth-order valence-corrected chi connectivity index (χ4v) is 3.22. The van der Waals surface area contributed by atoms with E-state index in [-0.39, 0.29) is 0 Å². The third kappa shape index (κ3) is 2.73. The lowest BCUT2D eigenvalue weighted by Gasteiger charge is -2.39. The van der Waals surface area contributed by atoms with Crippen LogP contribution in [0.1, 0.15) is 71.1 Å². The third-order valence-corrected chi connectivity index (χ3v) is 4.11. The molecular weight excluding hydrogens is 170 g/mol. The van der Waals surface area contributed by atoms with E-state index in [1.807, 2.05) is 0 Å². The highest BCUT2D eigenvalue weighted by molar-refractivity contribution is 4.89. The van der Waals surface area contributed by atoms with Gasteiger partial charge in [-0.25, -0.2) is 0 Å². The van der Waals surface area contributed by atoms with Gasteiger partial charge < -0.3 is 5.32 Å². The minimum atomic E-state index is 0.486. The van der Waals surface area contributed by atoms with E-state index in [2.05, 4.69) is 12.2 Å². The lowest BCUT2D eigenvalue weighted by Crippen LogP contribution is -2.49. The number of nitrogens with one attached hydrogen (secondary N) is 1. The lowest BCUT2D eigenvalue weighted by molar-refractivity contribution is 0.205. The maximum absolute atomic E-state index is 3.93. The molecule has 0 bridgehead atoms. The van der Waals surface area contributed by atoms with E-state index < -0.39 is 0 Å². The summed E-state index contributed by atoms with van der Waals surface area (Å²) in [6.45, 7) is 2.45. The molecule has 0 heterocycles. The van der Waals surface area contributed by atoms with Gasteiger partial charge in [0.1, 0.15) is 0 Å². The van der Waals surface area contributed by atoms with Crippen molar-refractivity contribution in [1.29, 1.82) is 0 Å². The van der Waals surface area contributed by atoms with Crippen molar-refractivity contribution >= 4 is 0 Å². The summed E-state index contributed by atoms with van der Waals surface area (Å²) in [6, 6.07) is 0.840. The lowest BCUT2D eigenvalue weighted by atomic mass is 9.81. The van der Waals surface area contributed by atoms with Crippen LogP contribution in [0, 0.1) is 0 Å². The molecule has 0 spiro atoms. The van der Waals surface area contributed by atoms with Gasteiger partial charge in [0.2, 0.25) is 0 Å². The normalized spacial score (nSPS) is 28.9. The van der Waals surface area contributed by atoms with Gasteiger partial charge in [-0.05, 0) is 32.6 Å². The first-order valence-corrected chi connectivity index (χ1v) is 6.56. The molecule has 1 N–H and O–H groups in total. The van der Waals surface area contributed by atoms with Crippen molar-refractivity contribution in [3.8, 4) is 0 Å². The molecule has 0 aliphatic heterocycles. The van der Waals surface area contributed by atoms with Crippen molar-refractivity contribution in [2.24, 2.45) is 0 Å². The van der Waals surface area contributed by atoms with Gasteiger partial charge in [0, 0.05) is 11.6 Å². The Bertz CT molecular complexity index is 164. The van der Waals surface area contributed by atoms with Crippen molar-refractivity contribution in [3.63, 3.8) is 0 Å². The van der Waals surface area contributed by atoms with E-state index in [0.29, 0.717) is 5.54 Å². The van der Waals surface area contributed by atoms with Gasteiger partial charge in [0.25, 0.3) is 0 Å². The fraction of sp³-hybridized carbons (Fsp3) is 1.00. The van der Waals surface area contributed by atoms with E-state index >= 15 is 0 Å². The second kappa shape index (κ2) is 4.65. The molecule has 2 rings (SSSR count). The van der Waals surface area contributed by atoms with E-state index in [1.54, 1.807) is 0 Å². The molecule has 0 aromatic rings. The highest BCUT2D eigenvalue weighted by atomic mass is 15.0. The Kier molecular flexibility index (Phi) is 3.48. The Morgan fingerprint density at radius 1 is 0.857 bits per heavy atom. The Hall–Kier alpha value is -0.0400. The Morgan fingerprint density at radius 2 is 1.43 bits per heavy atom. The Labute approximate surface area is 88.7 Å². The van der Waals surface area contributed by atoms with E-state index in [9.17, 15) is 0 Å². The van der Waals surface area contributed by atoms with Crippen LogP contribution < -0.4 is 5.32 Å². The topological polar surface area (TPSA) is 12.0 Å². The predicted molar refractivity (Wildman–Crippen MR) is 61.5 cm³/mol. The number of rotatable bonds is 2. The third-order valence-electron chi connectivity index (χ3n) is 4.11. The minimum absolute atomic E-state index is 0.486. The largest absolute Gasteiger partial charge is 0.309 e. The fourth-order valence-electron chi connectivity index (χ4n) is 3.22. The molecule has 0 radical (unpaired) electrons. The molecule has 2 saturated carbocycles. The van der Waals surface area contributed by atoms with Gasteiger partial charge in [-0.15, -0.1) is 0 Å². The minimum Gasteiger partial charge on any atom is -0.309 e. The standard InChI is InChI=1S/C13H25N/c1-13(10-6-3-7-11-13)14-12-8-4-2-5-9-12/h12,14H,2-11H2,1H3. The maximum Gasteiger partial charge on any atom is 0.0155 e. The molecule has 14 heavy (non-hydrogen) atoms. The average Bonchev–Trinajstić information content (AvgIpc) is 2.19. The first kappa shape index (κ1) is 10.5. The van der Waals surface area contributed by atoms with Gasteiger partial charge in [-0.1, -0.05) is 38.5 Å². The van der Waals surface area contributed by atoms with Crippen LogP contribution in [0.15, 0.2) is 0 Å². The zero-order valence-electron chi connectivity index (χ0n) is 9.65. The zero-order valence-corrected chi connectivity index (χ0v) is 9.65. The second-order valence-corrected chi connectivity index (χ2v) is 5.60. The summed E-state index contributed by atoms with van der Waals surface area (Å²) in [5.41, 5.74) is 0.486. The highest BCUT2D eigenvalue weighted by Gasteiger charge is 2.29. The van der Waals surface area contributed by atoms with Crippen molar-refractivity contribution in [2.45, 2.75) is 82.7 Å². The van der Waals surface area contributed by atoms with Crippen LogP contribution in [-0.2, 0) is 0 Å². The Morgan fingerprint density at radius 3 is 2.07 bits per heavy atom. The van der Waals surface area contributed by atoms with Gasteiger partial charge in [-0.2, -0.15) is 0 Å². The van der Waals surface area contributed by atoms with Crippen LogP contribution in [0.3, 0.4) is 0 Å². The number of hydrogen-bond donors (Lipinski definition) is 1. The summed E-state index contributed by atoms with van der Waals surface area (Å²) in [7, 11) is 0. The molecule has 1 nitrogen and oxygen atoms in total. The van der Waals surface area contributed by atoms with E-state index in [1.165, 1.54) is 64.2 Å². The summed E-state index contributed by atoms with van der Waals surface area (Å²) < 4.78 is 0. The molecule has 0 unspecified atom stereocenters. The smallest absolute Gasteiger partial charge is 0.0155 e. The van der Waals surface area contributed by atoms with Gasteiger partial charge in [-0.3, -0.25) is 0 Å². The highest BCUT2D eigenvalue weighted by Crippen LogP contribution is 2.30. The SMILES string of the molecule is CC1(NC2CCCCC2)CCCCC1. The molecule has 0 atom stereocenters. The summed E-state index contributed by atoms with van der Waals surface area (Å²) in [5, 5.41) is 3.93. The molecule has 2 fully saturated rings. The zero-order chi connectivity index (χ0) is 9.86. The maximum atomic E-state index is 3.93. The predicted octanol–water partition coefficient (Wildman–Crippen LogP) is 3.63. The number of hydrogen-bond acceptors (Lipinski definition) is 1. The van der Waals surface area contributed by atoms with Crippen molar-refractivity contribution in [3.05, 3.63) is 0 Å². The molecular formula is C13H25N. The van der Waals surface area contributed by atoms with Gasteiger partial charge in [0.05, 0.1) is 0 Å². The summed E-state index contributed by atoms with van der Waals surface area (Å²) in [6.07, 6.45) is 14.4. The summed E-state index contributed by atoms with van der Waals surface area (Å²) >= 11 is 0. The van der Waals surface area contributed by atoms with Gasteiger partial charge in [0.15, 0.2) is 0 Å². The summed E-state index contributed by atoms with van der Waals surface area (Å²) in [5.74, 6) is 0. The molecule has 1 heteroatoms. The van der Waals surface area contributed by atoms with Crippen LogP contribution in [-0.4, -0.2) is 11.6 Å². The monoisotopic (exact) mass is 195 g/mol. The van der Waals surface area contributed by atoms with Crippen LogP contribution in [0.4, 0.5) is 0 Å². The van der Waals surface area contributed by atoms with Crippen LogP contribution in [0.5, 0.6) is 0 Å². The first-order valence-electron chi connectivity index (χ1n) is 6.56. The molecule has 82 valence electrons. The molecule has 2 aliphatic rings. The Balaban J connectivity index is 1.81. The molecule has 0 amide bonds. The van der Waals surface area contributed by atoms with Crippen LogP contribution in [0.2, 0.25) is 0 Å². The first-order chi connectivity index (χ1) is 6.79. The summed E-state index contributed by atoms with van der Waals surface area (Å²) in [4.78, 5) is 0. The van der Waals surface area contributed by atoms with Crippen molar-refractivity contribution in [1.82, 2.24) is 5.32 Å². The van der Waals surface area contributed by atoms with E-state index in [4.69, 9.17) is 0 Å². The quantitative estimate of drug-likeness (QED) is 0.709. The molecule has 2 aliphatic carbocycles. The van der Waals surface area contributed by atoms with Gasteiger partial charge >= 0.3 is 0 Å². The second-order valence-electron chi connectivity index (χ2n) is 5.60. The van der Waals surface area contributed by atoms with Crippen LogP contribution >= 0.6 is 0 Å². The molecule has 0 saturated heterocycles. The molecule has 0 aromatic heterocycles. The van der Waals surface area contributed by atoms with Crippen molar-refractivity contribution < 1.29 is 0 Å². The molecule has 0 aromatic carbocycles. The van der Waals surface area contributed by atoms with Crippen LogP contribution in [0.25, 0.3) is 0 Å². The van der Waals surface area contributed by atoms with E-state index in [0.717, 1.165) is 6.04 Å². The average molecular weight is 195 g/mol.